The predicted octanol–water partition coefficient (Wildman–Crippen LogP) is 5.23. The highest BCUT2D eigenvalue weighted by atomic mass is 35.5. The molecular weight excluding hydrogens is 473 g/mol. The maximum Gasteiger partial charge on any atom is 0.364 e. The Hall–Kier alpha value is -2.82. The lowest BCUT2D eigenvalue weighted by Crippen LogP contribution is -2.15. The van der Waals surface area contributed by atoms with Gasteiger partial charge in [0.2, 0.25) is 0 Å². The number of carbonyl (C=O) groups excluding carboxylic acids is 2. The van der Waals surface area contributed by atoms with E-state index in [1.807, 2.05) is 0 Å². The molecule has 1 N–H and O–H groups in total. The van der Waals surface area contributed by atoms with Crippen molar-refractivity contribution in [1.29, 1.82) is 0 Å². The molecular formula is C19H12Cl2F2N4O3S. The normalized spacial score (nSPS) is 11.8. The van der Waals surface area contributed by atoms with E-state index in [0.29, 0.717) is 21.5 Å². The van der Waals surface area contributed by atoms with Gasteiger partial charge in [0.1, 0.15) is 10.6 Å². The Morgan fingerprint density at radius 2 is 2.00 bits per heavy atom. The summed E-state index contributed by atoms with van der Waals surface area (Å²) in [6.45, 7) is 1.53. The number of methoxy groups -OCH3 is 1. The SMILES string of the molecule is COC(=O)c1sc2cc(NC(=O)c3cc4nc(C)cc(C(F)(F)Cl)n4n3)ccc2c1Cl. The molecule has 0 aliphatic carbocycles. The summed E-state index contributed by atoms with van der Waals surface area (Å²) in [5.41, 5.74) is 0.0382. The average molecular weight is 485 g/mol. The summed E-state index contributed by atoms with van der Waals surface area (Å²) in [7, 11) is 1.26. The molecule has 0 spiro atoms. The summed E-state index contributed by atoms with van der Waals surface area (Å²) in [4.78, 5) is 28.8. The Balaban J connectivity index is 1.67. The zero-order chi connectivity index (χ0) is 22.5. The van der Waals surface area contributed by atoms with Gasteiger partial charge in [0.25, 0.3) is 5.91 Å². The molecule has 3 heterocycles. The molecule has 0 fully saturated rings. The number of anilines is 1. The third-order valence-corrected chi connectivity index (χ3v) is 6.17. The number of aryl methyl sites for hydroxylation is 1. The van der Waals surface area contributed by atoms with Crippen molar-refractivity contribution in [2.45, 2.75) is 12.3 Å². The molecule has 0 radical (unpaired) electrons. The van der Waals surface area contributed by atoms with Crippen molar-refractivity contribution in [3.05, 3.63) is 57.3 Å². The van der Waals surface area contributed by atoms with Gasteiger partial charge in [-0.1, -0.05) is 11.6 Å². The van der Waals surface area contributed by atoms with E-state index in [1.54, 1.807) is 18.2 Å². The summed E-state index contributed by atoms with van der Waals surface area (Å²) >= 11 is 12.5. The number of esters is 1. The molecule has 1 aromatic carbocycles. The topological polar surface area (TPSA) is 85.6 Å². The smallest absolute Gasteiger partial charge is 0.364 e. The van der Waals surface area contributed by atoms with Crippen LogP contribution in [0.2, 0.25) is 5.02 Å². The quantitative estimate of drug-likeness (QED) is 0.316. The van der Waals surface area contributed by atoms with E-state index in [4.69, 9.17) is 27.9 Å². The average Bonchev–Trinajstić information content (AvgIpc) is 3.27. The van der Waals surface area contributed by atoms with Crippen LogP contribution in [0.4, 0.5) is 14.5 Å². The lowest BCUT2D eigenvalue weighted by Gasteiger charge is -2.10. The third kappa shape index (κ3) is 3.93. The highest BCUT2D eigenvalue weighted by molar-refractivity contribution is 7.21. The van der Waals surface area contributed by atoms with Gasteiger partial charge < -0.3 is 10.1 Å². The van der Waals surface area contributed by atoms with Crippen LogP contribution in [0.1, 0.15) is 31.5 Å². The van der Waals surface area contributed by atoms with Crippen molar-refractivity contribution in [3.8, 4) is 0 Å². The summed E-state index contributed by atoms with van der Waals surface area (Å²) in [6.07, 6.45) is 0. The van der Waals surface area contributed by atoms with Gasteiger partial charge in [-0.05, 0) is 42.8 Å². The van der Waals surface area contributed by atoms with Crippen molar-refractivity contribution in [3.63, 3.8) is 0 Å². The minimum absolute atomic E-state index is 0.0590. The van der Waals surface area contributed by atoms with Crippen LogP contribution >= 0.6 is 34.5 Å². The highest BCUT2D eigenvalue weighted by Gasteiger charge is 2.32. The van der Waals surface area contributed by atoms with Crippen LogP contribution in [0, 0.1) is 6.92 Å². The number of amides is 1. The molecule has 7 nitrogen and oxygen atoms in total. The molecule has 12 heteroatoms. The third-order valence-electron chi connectivity index (χ3n) is 4.34. The minimum atomic E-state index is -3.69. The summed E-state index contributed by atoms with van der Waals surface area (Å²) < 4.78 is 33.6. The van der Waals surface area contributed by atoms with Crippen LogP contribution in [-0.2, 0) is 10.1 Å². The number of benzene rings is 1. The number of nitrogens with one attached hydrogen (secondary N) is 1. The monoisotopic (exact) mass is 484 g/mol. The maximum atomic E-state index is 13.7. The number of fused-ring (bicyclic) bond motifs is 2. The Labute approximate surface area is 187 Å². The largest absolute Gasteiger partial charge is 0.465 e. The van der Waals surface area contributed by atoms with Crippen LogP contribution in [0.5, 0.6) is 0 Å². The number of hydrogen-bond donors (Lipinski definition) is 1. The lowest BCUT2D eigenvalue weighted by atomic mass is 10.2. The molecule has 0 aliphatic heterocycles. The molecule has 0 unspecified atom stereocenters. The molecule has 4 rings (SSSR count). The van der Waals surface area contributed by atoms with Crippen molar-refractivity contribution >= 4 is 67.8 Å². The van der Waals surface area contributed by atoms with Crippen LogP contribution in [-0.4, -0.2) is 33.6 Å². The van der Waals surface area contributed by atoms with Gasteiger partial charge in [-0.3, -0.25) is 4.79 Å². The standard InChI is InChI=1S/C19H12Cl2F2N4O3S/c1-8-5-13(19(21,22)23)27-14(24-8)7-11(26-27)17(28)25-9-3-4-10-12(6-9)31-16(15(10)20)18(29)30-2/h3-7H,1-2H3,(H,25,28). The van der Waals surface area contributed by atoms with E-state index < -0.39 is 23.0 Å². The molecule has 0 saturated carbocycles. The van der Waals surface area contributed by atoms with Crippen molar-refractivity contribution in [2.24, 2.45) is 0 Å². The van der Waals surface area contributed by atoms with E-state index in [-0.39, 0.29) is 21.2 Å². The number of nitrogens with zero attached hydrogens (tertiary/aromatic N) is 3. The second kappa shape index (κ2) is 7.70. The molecule has 0 atom stereocenters. The van der Waals surface area contributed by atoms with Crippen molar-refractivity contribution < 1.29 is 23.1 Å². The van der Waals surface area contributed by atoms with Crippen LogP contribution in [0.15, 0.2) is 30.3 Å². The number of ether oxygens (including phenoxy) is 1. The molecule has 3 aromatic heterocycles. The van der Waals surface area contributed by atoms with Gasteiger partial charge in [-0.15, -0.1) is 11.3 Å². The van der Waals surface area contributed by atoms with Gasteiger partial charge >= 0.3 is 11.4 Å². The first-order valence-corrected chi connectivity index (χ1v) is 10.2. The van der Waals surface area contributed by atoms with Gasteiger partial charge in [0, 0.05) is 27.5 Å². The molecule has 0 bridgehead atoms. The molecule has 1 amide bonds. The number of thiophene rings is 1. The molecule has 0 aliphatic rings. The fraction of sp³-hybridized carbons (Fsp3) is 0.158. The Bertz CT molecular complexity index is 1360. The number of aromatic nitrogens is 3. The Kier molecular flexibility index (Phi) is 5.32. The van der Waals surface area contributed by atoms with Crippen molar-refractivity contribution in [1.82, 2.24) is 14.6 Å². The first-order chi connectivity index (χ1) is 14.6. The van der Waals surface area contributed by atoms with Gasteiger partial charge in [0.15, 0.2) is 11.3 Å². The summed E-state index contributed by atoms with van der Waals surface area (Å²) in [6, 6.07) is 7.26. The Morgan fingerprint density at radius 3 is 2.68 bits per heavy atom. The number of hydrogen-bond acceptors (Lipinski definition) is 6. The second-order valence-electron chi connectivity index (χ2n) is 6.48. The first-order valence-electron chi connectivity index (χ1n) is 8.65. The van der Waals surface area contributed by atoms with Crippen LogP contribution < -0.4 is 5.32 Å². The Morgan fingerprint density at radius 1 is 1.26 bits per heavy atom. The van der Waals surface area contributed by atoms with E-state index in [0.717, 1.165) is 21.9 Å². The van der Waals surface area contributed by atoms with Gasteiger partial charge in [-0.25, -0.2) is 14.3 Å². The first kappa shape index (κ1) is 21.4. The van der Waals surface area contributed by atoms with Crippen LogP contribution in [0.3, 0.4) is 0 Å². The number of halogens is 4. The number of alkyl halides is 3. The second-order valence-corrected chi connectivity index (χ2v) is 8.39. The van der Waals surface area contributed by atoms with Crippen LogP contribution in [0.25, 0.3) is 15.7 Å². The molecule has 160 valence electrons. The molecule has 0 saturated heterocycles. The summed E-state index contributed by atoms with van der Waals surface area (Å²) in [5, 5.41) is 3.78. The number of carbonyl (C=O) groups is 2. The molecule has 4 aromatic rings. The molecule has 31 heavy (non-hydrogen) atoms. The number of rotatable bonds is 4. The van der Waals surface area contributed by atoms with Crippen molar-refractivity contribution in [2.75, 3.05) is 12.4 Å². The van der Waals surface area contributed by atoms with E-state index in [2.05, 4.69) is 15.4 Å². The van der Waals surface area contributed by atoms with E-state index in [1.165, 1.54) is 20.1 Å². The lowest BCUT2D eigenvalue weighted by molar-refractivity contribution is 0.0606. The zero-order valence-corrected chi connectivity index (χ0v) is 18.2. The predicted molar refractivity (Wildman–Crippen MR) is 114 cm³/mol. The fourth-order valence-electron chi connectivity index (χ4n) is 2.98. The summed E-state index contributed by atoms with van der Waals surface area (Å²) in [5.74, 6) is -1.20. The fourth-order valence-corrected chi connectivity index (χ4v) is 4.58. The minimum Gasteiger partial charge on any atom is -0.465 e. The van der Waals surface area contributed by atoms with E-state index in [9.17, 15) is 18.4 Å². The maximum absolute atomic E-state index is 13.7. The van der Waals surface area contributed by atoms with Gasteiger partial charge in [-0.2, -0.15) is 13.9 Å². The zero-order valence-electron chi connectivity index (χ0n) is 15.9. The van der Waals surface area contributed by atoms with Gasteiger partial charge in [0.05, 0.1) is 12.1 Å². The highest BCUT2D eigenvalue weighted by Crippen LogP contribution is 2.37. The van der Waals surface area contributed by atoms with E-state index >= 15 is 0 Å².